The van der Waals surface area contributed by atoms with Crippen LogP contribution in [0.5, 0.6) is 0 Å². The Labute approximate surface area is 173 Å². The van der Waals surface area contributed by atoms with Crippen molar-refractivity contribution in [2.24, 2.45) is 0 Å². The van der Waals surface area contributed by atoms with Gasteiger partial charge in [0.2, 0.25) is 0 Å². The topological polar surface area (TPSA) is 53.2 Å². The van der Waals surface area contributed by atoms with Crippen LogP contribution in [0.2, 0.25) is 10.0 Å². The number of rotatable bonds is 3. The van der Waals surface area contributed by atoms with Crippen LogP contribution in [0.3, 0.4) is 0 Å². The Morgan fingerprint density at radius 2 is 1.70 bits per heavy atom. The quantitative estimate of drug-likeness (QED) is 0.609. The summed E-state index contributed by atoms with van der Waals surface area (Å²) in [7, 11) is 0. The zero-order valence-corrected chi connectivity index (χ0v) is 17.4. The van der Waals surface area contributed by atoms with Gasteiger partial charge >= 0.3 is 0 Å². The average molecular weight is 420 g/mol. The van der Waals surface area contributed by atoms with Gasteiger partial charge in [0.25, 0.3) is 5.91 Å². The lowest BCUT2D eigenvalue weighted by Gasteiger charge is -2.31. The molecular formula is C20H19Cl2N3OS. The Morgan fingerprint density at radius 1 is 1.07 bits per heavy atom. The van der Waals surface area contributed by atoms with Gasteiger partial charge in [0.05, 0.1) is 11.6 Å². The van der Waals surface area contributed by atoms with Crippen molar-refractivity contribution in [1.29, 1.82) is 0 Å². The van der Waals surface area contributed by atoms with Crippen molar-refractivity contribution < 1.29 is 4.79 Å². The van der Waals surface area contributed by atoms with Gasteiger partial charge in [-0.1, -0.05) is 41.4 Å². The Hall–Kier alpha value is -2.08. The first-order chi connectivity index (χ1) is 12.8. The van der Waals surface area contributed by atoms with Gasteiger partial charge in [0.15, 0.2) is 5.11 Å². The molecule has 3 N–H and O–H groups in total. The molecule has 1 heterocycles. The maximum Gasteiger partial charge on any atom is 0.255 e. The first kappa shape index (κ1) is 19.7. The molecule has 1 amide bonds. The zero-order chi connectivity index (χ0) is 19.7. The standard InChI is InChI=1S/C20H19Cl2N3OS/c1-10-6-4-9-15(11(10)2)24-19(26)16-12(3)23-20(27)25-18(16)17-13(21)7-5-8-14(17)22/h4-9,18H,1-3H3,(H,24,26)(H2,23,25,27)/t18-/m1/s1. The number of aryl methyl sites for hydroxylation is 1. The van der Waals surface area contributed by atoms with E-state index in [2.05, 4.69) is 16.0 Å². The number of carbonyl (C=O) groups is 1. The molecule has 4 nitrogen and oxygen atoms in total. The third kappa shape index (κ3) is 3.95. The summed E-state index contributed by atoms with van der Waals surface area (Å²) in [6.07, 6.45) is 0. The lowest BCUT2D eigenvalue weighted by Crippen LogP contribution is -2.46. The number of thiocarbonyl (C=S) groups is 1. The lowest BCUT2D eigenvalue weighted by molar-refractivity contribution is -0.113. The average Bonchev–Trinajstić information content (AvgIpc) is 2.58. The number of amides is 1. The predicted molar refractivity (Wildman–Crippen MR) is 115 cm³/mol. The summed E-state index contributed by atoms with van der Waals surface area (Å²) < 4.78 is 0. The predicted octanol–water partition coefficient (Wildman–Crippen LogP) is 5.04. The summed E-state index contributed by atoms with van der Waals surface area (Å²) in [6.45, 7) is 5.79. The van der Waals surface area contributed by atoms with Crippen molar-refractivity contribution in [1.82, 2.24) is 10.6 Å². The Balaban J connectivity index is 2.04. The molecule has 2 aromatic rings. The normalized spacial score (nSPS) is 16.6. The van der Waals surface area contributed by atoms with Crippen LogP contribution in [0, 0.1) is 13.8 Å². The SMILES string of the molecule is CC1=C(C(=O)Nc2cccc(C)c2C)[C@H](c2c(Cl)cccc2Cl)NC(=S)N1. The molecule has 0 fully saturated rings. The van der Waals surface area contributed by atoms with E-state index in [4.69, 9.17) is 35.4 Å². The fraction of sp³-hybridized carbons (Fsp3) is 0.200. The summed E-state index contributed by atoms with van der Waals surface area (Å²) in [4.78, 5) is 13.2. The number of halogens is 2. The number of benzene rings is 2. The molecule has 27 heavy (non-hydrogen) atoms. The van der Waals surface area contributed by atoms with E-state index in [1.165, 1.54) is 0 Å². The number of anilines is 1. The molecule has 0 spiro atoms. The number of carbonyl (C=O) groups excluding carboxylic acids is 1. The van der Waals surface area contributed by atoms with Crippen molar-refractivity contribution >= 4 is 52.1 Å². The molecule has 0 bridgehead atoms. The molecule has 0 unspecified atom stereocenters. The molecule has 0 saturated heterocycles. The molecule has 0 aliphatic carbocycles. The number of hydrogen-bond donors (Lipinski definition) is 3. The number of hydrogen-bond acceptors (Lipinski definition) is 2. The van der Waals surface area contributed by atoms with Gasteiger partial charge in [-0.15, -0.1) is 0 Å². The molecule has 1 aliphatic rings. The van der Waals surface area contributed by atoms with Gasteiger partial charge in [0, 0.05) is 27.0 Å². The number of nitrogens with one attached hydrogen (secondary N) is 3. The summed E-state index contributed by atoms with van der Waals surface area (Å²) >= 11 is 18.1. The Morgan fingerprint density at radius 3 is 2.37 bits per heavy atom. The van der Waals surface area contributed by atoms with E-state index >= 15 is 0 Å². The Kier molecular flexibility index (Phi) is 5.75. The van der Waals surface area contributed by atoms with Crippen LogP contribution in [0.4, 0.5) is 5.69 Å². The van der Waals surface area contributed by atoms with Gasteiger partial charge in [0.1, 0.15) is 0 Å². The van der Waals surface area contributed by atoms with Gasteiger partial charge < -0.3 is 16.0 Å². The minimum atomic E-state index is -0.551. The molecule has 1 aliphatic heterocycles. The van der Waals surface area contributed by atoms with E-state index < -0.39 is 6.04 Å². The molecule has 0 aromatic heterocycles. The van der Waals surface area contributed by atoms with Crippen LogP contribution >= 0.6 is 35.4 Å². The monoisotopic (exact) mass is 419 g/mol. The second kappa shape index (κ2) is 7.89. The van der Waals surface area contributed by atoms with Crippen molar-refractivity contribution in [2.45, 2.75) is 26.8 Å². The largest absolute Gasteiger partial charge is 0.351 e. The molecule has 7 heteroatoms. The first-order valence-electron chi connectivity index (χ1n) is 8.39. The van der Waals surface area contributed by atoms with E-state index in [-0.39, 0.29) is 5.91 Å². The smallest absolute Gasteiger partial charge is 0.255 e. The van der Waals surface area contributed by atoms with E-state index in [1.807, 2.05) is 39.0 Å². The van der Waals surface area contributed by atoms with Gasteiger partial charge in [-0.25, -0.2) is 0 Å². The van der Waals surface area contributed by atoms with Crippen molar-refractivity contribution in [2.75, 3.05) is 5.32 Å². The van der Waals surface area contributed by atoms with Crippen LogP contribution in [0.15, 0.2) is 47.7 Å². The van der Waals surface area contributed by atoms with Crippen LogP contribution < -0.4 is 16.0 Å². The molecular weight excluding hydrogens is 401 g/mol. The van der Waals surface area contributed by atoms with Gasteiger partial charge in [-0.3, -0.25) is 4.79 Å². The number of allylic oxidation sites excluding steroid dienone is 1. The lowest BCUT2D eigenvalue weighted by atomic mass is 9.94. The molecule has 2 aromatic carbocycles. The molecule has 0 radical (unpaired) electrons. The van der Waals surface area contributed by atoms with Crippen molar-refractivity contribution in [3.05, 3.63) is 74.4 Å². The van der Waals surface area contributed by atoms with Crippen molar-refractivity contribution in [3.63, 3.8) is 0 Å². The maximum atomic E-state index is 13.2. The Bertz CT molecular complexity index is 951. The van der Waals surface area contributed by atoms with Crippen molar-refractivity contribution in [3.8, 4) is 0 Å². The molecule has 0 saturated carbocycles. The summed E-state index contributed by atoms with van der Waals surface area (Å²) in [5.74, 6) is -0.246. The van der Waals surface area contributed by atoms with E-state index in [0.717, 1.165) is 16.8 Å². The highest BCUT2D eigenvalue weighted by molar-refractivity contribution is 7.80. The van der Waals surface area contributed by atoms with E-state index in [0.29, 0.717) is 32.0 Å². The van der Waals surface area contributed by atoms with E-state index in [9.17, 15) is 4.79 Å². The van der Waals surface area contributed by atoms with Crippen LogP contribution in [0.25, 0.3) is 0 Å². The maximum absolute atomic E-state index is 13.2. The highest BCUT2D eigenvalue weighted by atomic mass is 35.5. The molecule has 3 rings (SSSR count). The summed E-state index contributed by atoms with van der Waals surface area (Å²) in [5.41, 5.74) is 4.64. The summed E-state index contributed by atoms with van der Waals surface area (Å²) in [6, 6.07) is 10.5. The fourth-order valence-electron chi connectivity index (χ4n) is 3.07. The van der Waals surface area contributed by atoms with E-state index in [1.54, 1.807) is 18.2 Å². The zero-order valence-electron chi connectivity index (χ0n) is 15.1. The first-order valence-corrected chi connectivity index (χ1v) is 9.55. The minimum absolute atomic E-state index is 0.246. The highest BCUT2D eigenvalue weighted by Crippen LogP contribution is 2.37. The minimum Gasteiger partial charge on any atom is -0.351 e. The van der Waals surface area contributed by atoms with Crippen LogP contribution in [0.1, 0.15) is 29.7 Å². The molecule has 140 valence electrons. The fourth-order valence-corrected chi connectivity index (χ4v) is 3.96. The van der Waals surface area contributed by atoms with Gasteiger partial charge in [-0.05, 0) is 62.3 Å². The van der Waals surface area contributed by atoms with Crippen LogP contribution in [-0.4, -0.2) is 11.0 Å². The third-order valence-corrected chi connectivity index (χ3v) is 5.53. The second-order valence-corrected chi connectivity index (χ2v) is 7.63. The molecule has 1 atom stereocenters. The summed E-state index contributed by atoms with van der Waals surface area (Å²) in [5, 5.41) is 10.5. The highest BCUT2D eigenvalue weighted by Gasteiger charge is 2.32. The third-order valence-electron chi connectivity index (χ3n) is 4.65. The van der Waals surface area contributed by atoms with Crippen LogP contribution in [-0.2, 0) is 4.79 Å². The van der Waals surface area contributed by atoms with Gasteiger partial charge in [-0.2, -0.15) is 0 Å². The second-order valence-electron chi connectivity index (χ2n) is 6.41.